The number of rotatable bonds is 7. The van der Waals surface area contributed by atoms with Crippen molar-refractivity contribution in [3.05, 3.63) is 99.0 Å². The third-order valence-corrected chi connectivity index (χ3v) is 6.23. The lowest BCUT2D eigenvalue weighted by atomic mass is 9.91. The zero-order valence-electron chi connectivity index (χ0n) is 18.4. The number of ether oxygens (including phenoxy) is 1. The molecule has 4 rings (SSSR count). The van der Waals surface area contributed by atoms with E-state index in [4.69, 9.17) is 4.74 Å². The zero-order valence-corrected chi connectivity index (χ0v) is 19.9. The van der Waals surface area contributed by atoms with Crippen LogP contribution in [0.4, 0.5) is 8.78 Å². The standard InChI is InChI=1S/C26H22BrF2NO4/c1-26(12-17-4-2-3-5-21(17)28)13-19-10-16(7-9-23(19)34-26)25(33)30(15-24(31)32)14-18-6-8-20(27)11-22(18)29/h2-11H,12-15H2,1H3,(H,31,32)/t26-/m1/s1. The van der Waals surface area contributed by atoms with Gasteiger partial charge in [-0.1, -0.05) is 40.2 Å². The Labute approximate surface area is 204 Å². The first-order chi connectivity index (χ1) is 16.1. The molecule has 0 unspecified atom stereocenters. The van der Waals surface area contributed by atoms with Gasteiger partial charge in [-0.15, -0.1) is 0 Å². The molecular formula is C26H22BrF2NO4. The fourth-order valence-corrected chi connectivity index (χ4v) is 4.53. The molecule has 0 saturated heterocycles. The molecule has 1 heterocycles. The van der Waals surface area contributed by atoms with Crippen LogP contribution in [0.5, 0.6) is 5.75 Å². The summed E-state index contributed by atoms with van der Waals surface area (Å²) in [5.41, 5.74) is 1.11. The van der Waals surface area contributed by atoms with Crippen LogP contribution in [0.3, 0.4) is 0 Å². The Kier molecular flexibility index (Phi) is 6.70. The van der Waals surface area contributed by atoms with E-state index in [2.05, 4.69) is 15.9 Å². The summed E-state index contributed by atoms with van der Waals surface area (Å²) in [6, 6.07) is 15.8. The van der Waals surface area contributed by atoms with E-state index >= 15 is 0 Å². The van der Waals surface area contributed by atoms with Crippen LogP contribution in [-0.4, -0.2) is 34.0 Å². The summed E-state index contributed by atoms with van der Waals surface area (Å²) < 4.78 is 35.1. The van der Waals surface area contributed by atoms with E-state index in [1.54, 1.807) is 42.5 Å². The smallest absolute Gasteiger partial charge is 0.323 e. The van der Waals surface area contributed by atoms with Crippen LogP contribution in [0.1, 0.15) is 34.0 Å². The molecule has 1 N–H and O–H groups in total. The van der Waals surface area contributed by atoms with Gasteiger partial charge in [0.25, 0.3) is 5.91 Å². The number of fused-ring (bicyclic) bond motifs is 1. The minimum Gasteiger partial charge on any atom is -0.487 e. The van der Waals surface area contributed by atoms with Crippen LogP contribution in [0, 0.1) is 11.6 Å². The number of hydrogen-bond acceptors (Lipinski definition) is 3. The highest BCUT2D eigenvalue weighted by Crippen LogP contribution is 2.38. The lowest BCUT2D eigenvalue weighted by molar-refractivity contribution is -0.137. The van der Waals surface area contributed by atoms with Crippen molar-refractivity contribution >= 4 is 27.8 Å². The minimum atomic E-state index is -1.20. The summed E-state index contributed by atoms with van der Waals surface area (Å²) in [5, 5.41) is 9.31. The summed E-state index contributed by atoms with van der Waals surface area (Å²) >= 11 is 3.18. The summed E-state index contributed by atoms with van der Waals surface area (Å²) in [7, 11) is 0. The van der Waals surface area contributed by atoms with Gasteiger partial charge in [0.1, 0.15) is 29.5 Å². The molecule has 0 radical (unpaired) electrons. The lowest BCUT2D eigenvalue weighted by Gasteiger charge is -2.24. The number of halogens is 3. The van der Waals surface area contributed by atoms with E-state index in [1.807, 2.05) is 6.92 Å². The molecule has 0 aliphatic carbocycles. The Hall–Kier alpha value is -3.26. The van der Waals surface area contributed by atoms with Crippen LogP contribution >= 0.6 is 15.9 Å². The van der Waals surface area contributed by atoms with Crippen molar-refractivity contribution in [3.8, 4) is 5.75 Å². The number of aliphatic carboxylic acids is 1. The Morgan fingerprint density at radius 3 is 2.53 bits per heavy atom. The molecule has 0 bridgehead atoms. The fraction of sp³-hybridized carbons (Fsp3) is 0.231. The van der Waals surface area contributed by atoms with Crippen molar-refractivity contribution in [2.24, 2.45) is 0 Å². The van der Waals surface area contributed by atoms with Crippen LogP contribution in [0.15, 0.2) is 65.1 Å². The van der Waals surface area contributed by atoms with Crippen LogP contribution in [0.25, 0.3) is 0 Å². The first kappa shape index (κ1) is 23.9. The second kappa shape index (κ2) is 9.54. The van der Waals surface area contributed by atoms with E-state index in [1.165, 1.54) is 18.2 Å². The van der Waals surface area contributed by atoms with Crippen molar-refractivity contribution < 1.29 is 28.2 Å². The number of carboxylic acids is 1. The van der Waals surface area contributed by atoms with E-state index in [9.17, 15) is 23.5 Å². The van der Waals surface area contributed by atoms with Gasteiger partial charge in [0.05, 0.1) is 0 Å². The maximum absolute atomic E-state index is 14.3. The van der Waals surface area contributed by atoms with Crippen molar-refractivity contribution in [2.75, 3.05) is 6.54 Å². The van der Waals surface area contributed by atoms with Crippen LogP contribution in [-0.2, 0) is 24.2 Å². The van der Waals surface area contributed by atoms with Gasteiger partial charge < -0.3 is 14.7 Å². The Morgan fingerprint density at radius 1 is 1.06 bits per heavy atom. The highest BCUT2D eigenvalue weighted by molar-refractivity contribution is 9.10. The van der Waals surface area contributed by atoms with Gasteiger partial charge in [-0.05, 0) is 54.4 Å². The molecule has 5 nitrogen and oxygen atoms in total. The Balaban J connectivity index is 1.55. The number of carbonyl (C=O) groups excluding carboxylic acids is 1. The molecule has 3 aromatic carbocycles. The van der Waals surface area contributed by atoms with E-state index in [0.29, 0.717) is 28.6 Å². The number of nitrogens with zero attached hydrogens (tertiary/aromatic N) is 1. The fourth-order valence-electron chi connectivity index (χ4n) is 4.20. The maximum atomic E-state index is 14.3. The lowest BCUT2D eigenvalue weighted by Crippen LogP contribution is -2.35. The van der Waals surface area contributed by atoms with Gasteiger partial charge >= 0.3 is 5.97 Å². The monoisotopic (exact) mass is 529 g/mol. The predicted octanol–water partition coefficient (Wildman–Crippen LogP) is 5.39. The molecule has 1 atom stereocenters. The van der Waals surface area contributed by atoms with Gasteiger partial charge in [0, 0.05) is 35.0 Å². The number of carbonyl (C=O) groups is 2. The van der Waals surface area contributed by atoms with Crippen LogP contribution in [0.2, 0.25) is 0 Å². The minimum absolute atomic E-state index is 0.192. The van der Waals surface area contributed by atoms with E-state index in [-0.39, 0.29) is 23.5 Å². The van der Waals surface area contributed by atoms with Crippen molar-refractivity contribution in [1.82, 2.24) is 4.90 Å². The third-order valence-electron chi connectivity index (χ3n) is 5.74. The first-order valence-electron chi connectivity index (χ1n) is 10.6. The number of benzene rings is 3. The maximum Gasteiger partial charge on any atom is 0.323 e. The molecule has 176 valence electrons. The van der Waals surface area contributed by atoms with Gasteiger partial charge in [0.15, 0.2) is 0 Å². The number of carboxylic acid groups (broad SMARTS) is 1. The van der Waals surface area contributed by atoms with Gasteiger partial charge in [-0.2, -0.15) is 0 Å². The molecule has 0 spiro atoms. The van der Waals surface area contributed by atoms with Crippen molar-refractivity contribution in [3.63, 3.8) is 0 Å². The molecule has 1 amide bonds. The Morgan fingerprint density at radius 2 is 1.82 bits per heavy atom. The Bertz CT molecular complexity index is 1270. The summed E-state index contributed by atoms with van der Waals surface area (Å²) in [6.45, 7) is 1.11. The average molecular weight is 530 g/mol. The SMILES string of the molecule is C[C@@]1(Cc2ccccc2F)Cc2cc(C(=O)N(CC(=O)O)Cc3ccc(Br)cc3F)ccc2O1. The quantitative estimate of drug-likeness (QED) is 0.445. The summed E-state index contributed by atoms with van der Waals surface area (Å²) in [4.78, 5) is 25.7. The molecule has 1 aliphatic rings. The number of hydrogen-bond donors (Lipinski definition) is 1. The molecule has 0 aromatic heterocycles. The van der Waals surface area contributed by atoms with Gasteiger partial charge in [0.2, 0.25) is 0 Å². The summed E-state index contributed by atoms with van der Waals surface area (Å²) in [6.07, 6.45) is 0.809. The second-order valence-corrected chi connectivity index (χ2v) is 9.53. The van der Waals surface area contributed by atoms with Crippen LogP contribution < -0.4 is 4.74 Å². The highest BCUT2D eigenvalue weighted by atomic mass is 79.9. The number of amides is 1. The largest absolute Gasteiger partial charge is 0.487 e. The molecular weight excluding hydrogens is 508 g/mol. The topological polar surface area (TPSA) is 66.8 Å². The normalized spacial score (nSPS) is 16.6. The zero-order chi connectivity index (χ0) is 24.5. The molecule has 3 aromatic rings. The molecule has 0 fully saturated rings. The van der Waals surface area contributed by atoms with E-state index in [0.717, 1.165) is 10.5 Å². The average Bonchev–Trinajstić information content (AvgIpc) is 3.11. The van der Waals surface area contributed by atoms with Gasteiger partial charge in [-0.3, -0.25) is 9.59 Å². The predicted molar refractivity (Wildman–Crippen MR) is 126 cm³/mol. The summed E-state index contributed by atoms with van der Waals surface area (Å²) in [5.74, 6) is -1.98. The third kappa shape index (κ3) is 5.28. The van der Waals surface area contributed by atoms with Crippen molar-refractivity contribution in [2.45, 2.75) is 31.9 Å². The molecule has 8 heteroatoms. The first-order valence-corrected chi connectivity index (χ1v) is 11.4. The van der Waals surface area contributed by atoms with Crippen molar-refractivity contribution in [1.29, 1.82) is 0 Å². The molecule has 1 aliphatic heterocycles. The van der Waals surface area contributed by atoms with E-state index < -0.39 is 29.8 Å². The molecule has 0 saturated carbocycles. The second-order valence-electron chi connectivity index (χ2n) is 8.61. The molecule has 34 heavy (non-hydrogen) atoms. The highest BCUT2D eigenvalue weighted by Gasteiger charge is 2.36. The van der Waals surface area contributed by atoms with Gasteiger partial charge in [-0.25, -0.2) is 8.78 Å².